The smallest absolute Gasteiger partial charge is 0.310 e. The van der Waals surface area contributed by atoms with Crippen molar-refractivity contribution in [3.63, 3.8) is 0 Å². The van der Waals surface area contributed by atoms with Crippen LogP contribution in [0.15, 0.2) is 42.5 Å². The first-order valence-corrected chi connectivity index (χ1v) is 6.18. The van der Waals surface area contributed by atoms with Gasteiger partial charge in [0.2, 0.25) is 0 Å². The molecule has 0 amide bonds. The maximum Gasteiger partial charge on any atom is 0.310 e. The van der Waals surface area contributed by atoms with E-state index in [-0.39, 0.29) is 18.0 Å². The van der Waals surface area contributed by atoms with Crippen molar-refractivity contribution < 1.29 is 14.4 Å². The Balaban J connectivity index is 2.21. The lowest BCUT2D eigenvalue weighted by molar-refractivity contribution is -0.385. The summed E-state index contributed by atoms with van der Waals surface area (Å²) in [6.45, 7) is 0.134. The van der Waals surface area contributed by atoms with Gasteiger partial charge in [-0.05, 0) is 24.3 Å². The summed E-state index contributed by atoms with van der Waals surface area (Å²) in [4.78, 5) is 10.4. The normalized spacial score (nSPS) is 10.1. The SMILES string of the molecule is COc1ccc(Cl)cc1COc1ccccc1[N+](=O)[O-]. The van der Waals surface area contributed by atoms with E-state index in [9.17, 15) is 10.1 Å². The number of nitrogens with zero attached hydrogens (tertiary/aromatic N) is 1. The summed E-state index contributed by atoms with van der Waals surface area (Å²) in [7, 11) is 1.54. The number of para-hydroxylation sites is 2. The second-order valence-corrected chi connectivity index (χ2v) is 4.41. The molecule has 0 radical (unpaired) electrons. The van der Waals surface area contributed by atoms with E-state index in [2.05, 4.69) is 0 Å². The number of ether oxygens (including phenoxy) is 2. The molecule has 0 N–H and O–H groups in total. The van der Waals surface area contributed by atoms with Crippen LogP contribution < -0.4 is 9.47 Å². The minimum Gasteiger partial charge on any atom is -0.496 e. The summed E-state index contributed by atoms with van der Waals surface area (Å²) in [6, 6.07) is 11.3. The Kier molecular flexibility index (Phi) is 4.42. The zero-order valence-electron chi connectivity index (χ0n) is 10.7. The van der Waals surface area contributed by atoms with Crippen molar-refractivity contribution in [1.82, 2.24) is 0 Å². The van der Waals surface area contributed by atoms with Crippen LogP contribution >= 0.6 is 11.6 Å². The van der Waals surface area contributed by atoms with Gasteiger partial charge >= 0.3 is 5.69 Å². The van der Waals surface area contributed by atoms with Gasteiger partial charge in [-0.15, -0.1) is 0 Å². The van der Waals surface area contributed by atoms with E-state index in [1.807, 2.05) is 0 Å². The lowest BCUT2D eigenvalue weighted by Crippen LogP contribution is -2.01. The third kappa shape index (κ3) is 3.19. The Morgan fingerprint density at radius 1 is 1.20 bits per heavy atom. The van der Waals surface area contributed by atoms with Crippen molar-refractivity contribution in [1.29, 1.82) is 0 Å². The van der Waals surface area contributed by atoms with Crippen molar-refractivity contribution in [3.8, 4) is 11.5 Å². The molecule has 104 valence electrons. The highest BCUT2D eigenvalue weighted by Crippen LogP contribution is 2.29. The molecule has 0 saturated heterocycles. The van der Waals surface area contributed by atoms with Crippen molar-refractivity contribution in [3.05, 3.63) is 63.2 Å². The Bertz CT molecular complexity index is 630. The molecule has 0 heterocycles. The Hall–Kier alpha value is -2.27. The first kappa shape index (κ1) is 14.1. The molecule has 2 aromatic carbocycles. The fourth-order valence-electron chi connectivity index (χ4n) is 1.75. The van der Waals surface area contributed by atoms with Crippen LogP contribution in [0.25, 0.3) is 0 Å². The molecule has 6 heteroatoms. The summed E-state index contributed by atoms with van der Waals surface area (Å²) < 4.78 is 10.7. The van der Waals surface area contributed by atoms with Crippen LogP contribution in [0.4, 0.5) is 5.69 Å². The number of methoxy groups -OCH3 is 1. The van der Waals surface area contributed by atoms with E-state index >= 15 is 0 Å². The van der Waals surface area contributed by atoms with Crippen molar-refractivity contribution in [2.75, 3.05) is 7.11 Å². The predicted octanol–water partition coefficient (Wildman–Crippen LogP) is 3.84. The average molecular weight is 294 g/mol. The molecule has 0 saturated carbocycles. The Morgan fingerprint density at radius 2 is 1.95 bits per heavy atom. The van der Waals surface area contributed by atoms with Crippen LogP contribution in [0.5, 0.6) is 11.5 Å². The van der Waals surface area contributed by atoms with E-state index in [1.54, 1.807) is 36.4 Å². The van der Waals surface area contributed by atoms with Gasteiger partial charge in [-0.25, -0.2) is 0 Å². The molecule has 0 aliphatic heterocycles. The highest BCUT2D eigenvalue weighted by molar-refractivity contribution is 6.30. The topological polar surface area (TPSA) is 61.6 Å². The van der Waals surface area contributed by atoms with Crippen LogP contribution in [0.3, 0.4) is 0 Å². The van der Waals surface area contributed by atoms with E-state index in [0.717, 1.165) is 5.56 Å². The number of nitro groups is 1. The maximum atomic E-state index is 10.9. The molecule has 0 fully saturated rings. The lowest BCUT2D eigenvalue weighted by Gasteiger charge is -2.10. The number of hydrogen-bond donors (Lipinski definition) is 0. The van der Waals surface area contributed by atoms with Gasteiger partial charge in [0, 0.05) is 16.7 Å². The molecule has 0 bridgehead atoms. The molecule has 0 spiro atoms. The first-order valence-electron chi connectivity index (χ1n) is 5.80. The zero-order chi connectivity index (χ0) is 14.5. The van der Waals surface area contributed by atoms with Crippen molar-refractivity contribution in [2.45, 2.75) is 6.61 Å². The predicted molar refractivity (Wildman–Crippen MR) is 75.4 cm³/mol. The molecule has 0 atom stereocenters. The van der Waals surface area contributed by atoms with Gasteiger partial charge in [0.25, 0.3) is 0 Å². The van der Waals surface area contributed by atoms with E-state index in [0.29, 0.717) is 10.8 Å². The number of halogens is 1. The molecule has 2 rings (SSSR count). The fraction of sp³-hybridized carbons (Fsp3) is 0.143. The summed E-state index contributed by atoms with van der Waals surface area (Å²) in [5, 5.41) is 11.4. The number of rotatable bonds is 5. The minimum atomic E-state index is -0.482. The average Bonchev–Trinajstić information content (AvgIpc) is 2.45. The monoisotopic (exact) mass is 293 g/mol. The van der Waals surface area contributed by atoms with Crippen LogP contribution in [-0.2, 0) is 6.61 Å². The quantitative estimate of drug-likeness (QED) is 0.621. The molecular weight excluding hydrogens is 282 g/mol. The molecule has 0 aromatic heterocycles. The fourth-order valence-corrected chi connectivity index (χ4v) is 1.94. The Morgan fingerprint density at radius 3 is 2.65 bits per heavy atom. The van der Waals surface area contributed by atoms with Crippen LogP contribution in [-0.4, -0.2) is 12.0 Å². The molecular formula is C14H12ClNO4. The molecule has 5 nitrogen and oxygen atoms in total. The van der Waals surface area contributed by atoms with E-state index in [4.69, 9.17) is 21.1 Å². The molecule has 0 aliphatic carbocycles. The van der Waals surface area contributed by atoms with Gasteiger partial charge < -0.3 is 9.47 Å². The van der Waals surface area contributed by atoms with Crippen LogP contribution in [0, 0.1) is 10.1 Å². The lowest BCUT2D eigenvalue weighted by atomic mass is 10.2. The van der Waals surface area contributed by atoms with Crippen LogP contribution in [0.1, 0.15) is 5.56 Å². The van der Waals surface area contributed by atoms with Gasteiger partial charge in [0.15, 0.2) is 5.75 Å². The van der Waals surface area contributed by atoms with Gasteiger partial charge in [0.05, 0.1) is 12.0 Å². The molecule has 2 aromatic rings. The number of hydrogen-bond acceptors (Lipinski definition) is 4. The van der Waals surface area contributed by atoms with E-state index in [1.165, 1.54) is 13.2 Å². The zero-order valence-corrected chi connectivity index (χ0v) is 11.5. The van der Waals surface area contributed by atoms with Gasteiger partial charge in [-0.3, -0.25) is 10.1 Å². The molecule has 20 heavy (non-hydrogen) atoms. The summed E-state index contributed by atoms with van der Waals surface area (Å²) >= 11 is 5.92. The van der Waals surface area contributed by atoms with E-state index < -0.39 is 4.92 Å². The van der Waals surface area contributed by atoms with Crippen molar-refractivity contribution in [2.24, 2.45) is 0 Å². The van der Waals surface area contributed by atoms with Crippen LogP contribution in [0.2, 0.25) is 5.02 Å². The Labute approximate surface area is 120 Å². The first-order chi connectivity index (χ1) is 9.61. The second kappa shape index (κ2) is 6.25. The standard InChI is InChI=1S/C14H12ClNO4/c1-19-13-7-6-11(15)8-10(13)9-20-14-5-3-2-4-12(14)16(17)18/h2-8H,9H2,1H3. The highest BCUT2D eigenvalue weighted by Gasteiger charge is 2.14. The second-order valence-electron chi connectivity index (χ2n) is 3.97. The molecule has 0 aliphatic rings. The third-order valence-corrected chi connectivity index (χ3v) is 2.92. The largest absolute Gasteiger partial charge is 0.496 e. The third-order valence-electron chi connectivity index (χ3n) is 2.69. The van der Waals surface area contributed by atoms with Crippen molar-refractivity contribution >= 4 is 17.3 Å². The minimum absolute atomic E-state index is 0.0755. The number of nitro benzene ring substituents is 1. The maximum absolute atomic E-state index is 10.9. The number of benzene rings is 2. The van der Waals surface area contributed by atoms with Gasteiger partial charge in [0.1, 0.15) is 12.4 Å². The summed E-state index contributed by atoms with van der Waals surface area (Å²) in [6.07, 6.45) is 0. The molecule has 0 unspecified atom stereocenters. The van der Waals surface area contributed by atoms with Gasteiger partial charge in [-0.2, -0.15) is 0 Å². The highest BCUT2D eigenvalue weighted by atomic mass is 35.5. The summed E-state index contributed by atoms with van der Waals surface area (Å²) in [5.74, 6) is 0.826. The van der Waals surface area contributed by atoms with Gasteiger partial charge in [-0.1, -0.05) is 23.7 Å². The summed E-state index contributed by atoms with van der Waals surface area (Å²) in [5.41, 5.74) is 0.645.